The number of para-hydroxylation sites is 1. The summed E-state index contributed by atoms with van der Waals surface area (Å²) in [4.78, 5) is 23.1. The first kappa shape index (κ1) is 18.3. The first-order chi connectivity index (χ1) is 12.5. The molecule has 6 heteroatoms. The summed E-state index contributed by atoms with van der Waals surface area (Å²) >= 11 is 0. The second kappa shape index (κ2) is 8.27. The third-order valence-electron chi connectivity index (χ3n) is 4.70. The molecule has 1 amide bonds. The minimum absolute atomic E-state index is 0.108. The largest absolute Gasteiger partial charge is 0.491 e. The lowest BCUT2D eigenvalue weighted by atomic mass is 10.1. The zero-order valence-electron chi connectivity index (χ0n) is 15.7. The predicted molar refractivity (Wildman–Crippen MR) is 99.9 cm³/mol. The van der Waals surface area contributed by atoms with E-state index in [4.69, 9.17) is 4.74 Å². The van der Waals surface area contributed by atoms with Gasteiger partial charge in [-0.05, 0) is 26.8 Å². The van der Waals surface area contributed by atoms with Gasteiger partial charge in [0.15, 0.2) is 0 Å². The molecule has 2 aromatic rings. The van der Waals surface area contributed by atoms with E-state index in [2.05, 4.69) is 22.2 Å². The van der Waals surface area contributed by atoms with E-state index >= 15 is 0 Å². The summed E-state index contributed by atoms with van der Waals surface area (Å²) in [7, 11) is 0. The Hall–Kier alpha value is -2.47. The molecular weight excluding hydrogens is 328 g/mol. The SMILES string of the molecule is Cc1ncc(C(C)NCCC(=O)N2CCOc3ccccc3C2)c(C)n1. The van der Waals surface area contributed by atoms with Gasteiger partial charge in [-0.15, -0.1) is 0 Å². The Kier molecular flexibility index (Phi) is 5.83. The number of aryl methyl sites for hydroxylation is 2. The van der Waals surface area contributed by atoms with E-state index in [-0.39, 0.29) is 11.9 Å². The Morgan fingerprint density at radius 2 is 2.15 bits per heavy atom. The van der Waals surface area contributed by atoms with E-state index in [0.29, 0.717) is 32.7 Å². The molecule has 6 nitrogen and oxygen atoms in total. The lowest BCUT2D eigenvalue weighted by molar-refractivity contribution is -0.131. The Morgan fingerprint density at radius 1 is 1.35 bits per heavy atom. The highest BCUT2D eigenvalue weighted by atomic mass is 16.5. The fourth-order valence-electron chi connectivity index (χ4n) is 3.22. The number of amides is 1. The second-order valence-electron chi connectivity index (χ2n) is 6.66. The van der Waals surface area contributed by atoms with E-state index in [1.54, 1.807) is 0 Å². The molecule has 0 fully saturated rings. The molecule has 0 radical (unpaired) electrons. The van der Waals surface area contributed by atoms with E-state index in [1.807, 2.05) is 49.2 Å². The molecule has 0 bridgehead atoms. The third kappa shape index (κ3) is 4.38. The molecule has 1 aliphatic rings. The Bertz CT molecular complexity index is 778. The molecule has 1 aromatic heterocycles. The highest BCUT2D eigenvalue weighted by molar-refractivity contribution is 5.76. The summed E-state index contributed by atoms with van der Waals surface area (Å²) < 4.78 is 5.73. The molecular formula is C20H26N4O2. The fourth-order valence-corrected chi connectivity index (χ4v) is 3.22. The molecule has 0 saturated heterocycles. The number of hydrogen-bond donors (Lipinski definition) is 1. The summed E-state index contributed by atoms with van der Waals surface area (Å²) in [5.41, 5.74) is 3.11. The molecule has 1 N–H and O–H groups in total. The number of benzene rings is 1. The van der Waals surface area contributed by atoms with Crippen molar-refractivity contribution >= 4 is 5.91 Å². The van der Waals surface area contributed by atoms with Crippen molar-refractivity contribution in [3.8, 4) is 5.75 Å². The second-order valence-corrected chi connectivity index (χ2v) is 6.66. The molecule has 0 spiro atoms. The van der Waals surface area contributed by atoms with Crippen molar-refractivity contribution in [3.63, 3.8) is 0 Å². The van der Waals surface area contributed by atoms with Gasteiger partial charge >= 0.3 is 0 Å². The van der Waals surface area contributed by atoms with Gasteiger partial charge in [0.1, 0.15) is 18.2 Å². The van der Waals surface area contributed by atoms with Gasteiger partial charge in [0, 0.05) is 48.6 Å². The zero-order chi connectivity index (χ0) is 18.5. The minimum atomic E-state index is 0.108. The zero-order valence-corrected chi connectivity index (χ0v) is 15.7. The van der Waals surface area contributed by atoms with Crippen molar-refractivity contribution in [1.29, 1.82) is 0 Å². The monoisotopic (exact) mass is 354 g/mol. The van der Waals surface area contributed by atoms with Gasteiger partial charge in [-0.3, -0.25) is 4.79 Å². The van der Waals surface area contributed by atoms with Crippen molar-refractivity contribution < 1.29 is 9.53 Å². The topological polar surface area (TPSA) is 67.4 Å². The predicted octanol–water partition coefficient (Wildman–Crippen LogP) is 2.56. The lowest BCUT2D eigenvalue weighted by Gasteiger charge is -2.21. The number of rotatable bonds is 5. The van der Waals surface area contributed by atoms with Gasteiger partial charge in [0.2, 0.25) is 5.91 Å². The summed E-state index contributed by atoms with van der Waals surface area (Å²) in [5.74, 6) is 1.79. The van der Waals surface area contributed by atoms with Crippen LogP contribution >= 0.6 is 0 Å². The number of fused-ring (bicyclic) bond motifs is 1. The van der Waals surface area contributed by atoms with E-state index in [0.717, 1.165) is 28.4 Å². The molecule has 138 valence electrons. The maximum absolute atomic E-state index is 12.6. The molecule has 1 atom stereocenters. The molecule has 0 aliphatic carbocycles. The number of aromatic nitrogens is 2. The highest BCUT2D eigenvalue weighted by Gasteiger charge is 2.19. The molecule has 26 heavy (non-hydrogen) atoms. The molecule has 1 unspecified atom stereocenters. The average Bonchev–Trinajstić information content (AvgIpc) is 2.84. The van der Waals surface area contributed by atoms with Crippen LogP contribution in [0.4, 0.5) is 0 Å². The maximum Gasteiger partial charge on any atom is 0.224 e. The van der Waals surface area contributed by atoms with Crippen molar-refractivity contribution in [2.75, 3.05) is 19.7 Å². The Morgan fingerprint density at radius 3 is 2.96 bits per heavy atom. The van der Waals surface area contributed by atoms with Crippen LogP contribution < -0.4 is 10.1 Å². The first-order valence-electron chi connectivity index (χ1n) is 9.06. The Balaban J connectivity index is 1.52. The van der Waals surface area contributed by atoms with Gasteiger partial charge in [0.25, 0.3) is 0 Å². The number of nitrogens with one attached hydrogen (secondary N) is 1. The Labute approximate surface area is 154 Å². The van der Waals surface area contributed by atoms with E-state index < -0.39 is 0 Å². The number of carbonyl (C=O) groups excluding carboxylic acids is 1. The van der Waals surface area contributed by atoms with E-state index in [9.17, 15) is 4.79 Å². The highest BCUT2D eigenvalue weighted by Crippen LogP contribution is 2.22. The standard InChI is InChI=1S/C20H26N4O2/c1-14(18-12-22-16(3)23-15(18)2)21-9-8-20(25)24-10-11-26-19-7-5-4-6-17(19)13-24/h4-7,12,14,21H,8-11,13H2,1-3H3. The number of nitrogens with zero attached hydrogens (tertiary/aromatic N) is 3. The maximum atomic E-state index is 12.6. The van der Waals surface area contributed by atoms with Crippen molar-refractivity contribution in [2.24, 2.45) is 0 Å². The van der Waals surface area contributed by atoms with Crippen LogP contribution in [0.5, 0.6) is 5.75 Å². The number of ether oxygens (including phenoxy) is 1. The van der Waals surface area contributed by atoms with Gasteiger partial charge in [-0.1, -0.05) is 18.2 Å². The smallest absolute Gasteiger partial charge is 0.224 e. The third-order valence-corrected chi connectivity index (χ3v) is 4.70. The van der Waals surface area contributed by atoms with Crippen LogP contribution in [0.15, 0.2) is 30.5 Å². The van der Waals surface area contributed by atoms with Crippen LogP contribution in [0.25, 0.3) is 0 Å². The van der Waals surface area contributed by atoms with Crippen molar-refractivity contribution in [2.45, 2.75) is 39.8 Å². The summed E-state index contributed by atoms with van der Waals surface area (Å²) in [6.45, 7) is 8.32. The van der Waals surface area contributed by atoms with Crippen LogP contribution in [0.2, 0.25) is 0 Å². The molecule has 1 aliphatic heterocycles. The molecule has 1 aromatic carbocycles. The van der Waals surface area contributed by atoms with Gasteiger partial charge < -0.3 is 15.0 Å². The molecule has 0 saturated carbocycles. The van der Waals surface area contributed by atoms with Gasteiger partial charge in [0.05, 0.1) is 6.54 Å². The molecule has 2 heterocycles. The van der Waals surface area contributed by atoms with Crippen LogP contribution in [0.1, 0.15) is 42.0 Å². The number of hydrogen-bond acceptors (Lipinski definition) is 5. The van der Waals surface area contributed by atoms with Crippen LogP contribution in [0.3, 0.4) is 0 Å². The normalized spacial score (nSPS) is 15.0. The van der Waals surface area contributed by atoms with Crippen LogP contribution in [-0.4, -0.2) is 40.5 Å². The van der Waals surface area contributed by atoms with E-state index in [1.165, 1.54) is 0 Å². The quantitative estimate of drug-likeness (QED) is 0.894. The van der Waals surface area contributed by atoms with Gasteiger partial charge in [-0.2, -0.15) is 0 Å². The molecule has 3 rings (SSSR count). The van der Waals surface area contributed by atoms with Crippen molar-refractivity contribution in [3.05, 3.63) is 53.1 Å². The summed E-state index contributed by atoms with van der Waals surface area (Å²) in [5, 5.41) is 3.41. The summed E-state index contributed by atoms with van der Waals surface area (Å²) in [6, 6.07) is 8.01. The minimum Gasteiger partial charge on any atom is -0.491 e. The summed E-state index contributed by atoms with van der Waals surface area (Å²) in [6.07, 6.45) is 2.32. The number of carbonyl (C=O) groups is 1. The first-order valence-corrected chi connectivity index (χ1v) is 9.06. The van der Waals surface area contributed by atoms with Crippen LogP contribution in [-0.2, 0) is 11.3 Å². The fraction of sp³-hybridized carbons (Fsp3) is 0.450. The van der Waals surface area contributed by atoms with Crippen LogP contribution in [0, 0.1) is 13.8 Å². The van der Waals surface area contributed by atoms with Crippen molar-refractivity contribution in [1.82, 2.24) is 20.2 Å². The lowest BCUT2D eigenvalue weighted by Crippen LogP contribution is -2.34. The van der Waals surface area contributed by atoms with Gasteiger partial charge in [-0.25, -0.2) is 9.97 Å². The average molecular weight is 354 g/mol.